The van der Waals surface area contributed by atoms with Gasteiger partial charge in [-0.25, -0.2) is 0 Å². The maximum Gasteiger partial charge on any atom is 0.118 e. The molecule has 2 nitrogen and oxygen atoms in total. The Morgan fingerprint density at radius 1 is 1.00 bits per heavy atom. The average molecular weight is 255 g/mol. The van der Waals surface area contributed by atoms with Gasteiger partial charge in [0.2, 0.25) is 0 Å². The molecular formula is C17H21NO. The van der Waals surface area contributed by atoms with Gasteiger partial charge in [0.15, 0.2) is 0 Å². The zero-order valence-corrected chi connectivity index (χ0v) is 11.5. The van der Waals surface area contributed by atoms with Crippen LogP contribution in [0, 0.1) is 0 Å². The molecule has 0 aromatic heterocycles. The summed E-state index contributed by atoms with van der Waals surface area (Å²) in [5.74, 6) is 1.23. The van der Waals surface area contributed by atoms with Gasteiger partial charge in [-0.15, -0.1) is 0 Å². The smallest absolute Gasteiger partial charge is 0.118 e. The SMILES string of the molecule is COc1ccc(C[C@H](c2ccccc2)[C@@H](C)N)cc1. The minimum Gasteiger partial charge on any atom is -0.497 e. The molecule has 0 spiro atoms. The molecule has 0 aliphatic carbocycles. The monoisotopic (exact) mass is 255 g/mol. The highest BCUT2D eigenvalue weighted by atomic mass is 16.5. The third-order valence-corrected chi connectivity index (χ3v) is 3.48. The molecule has 0 heterocycles. The van der Waals surface area contributed by atoms with Crippen LogP contribution in [-0.2, 0) is 6.42 Å². The molecule has 2 aromatic rings. The van der Waals surface area contributed by atoms with Gasteiger partial charge in [0.1, 0.15) is 5.75 Å². The van der Waals surface area contributed by atoms with Crippen molar-refractivity contribution in [2.75, 3.05) is 7.11 Å². The summed E-state index contributed by atoms with van der Waals surface area (Å²) in [5.41, 5.74) is 8.73. The standard InChI is InChI=1S/C17H21NO/c1-13(18)17(15-6-4-3-5-7-15)12-14-8-10-16(19-2)11-9-14/h3-11,13,17H,12,18H2,1-2H3/t13-,17+/m1/s1. The number of methoxy groups -OCH3 is 1. The molecule has 0 aliphatic rings. The molecule has 100 valence electrons. The Hall–Kier alpha value is -1.80. The van der Waals surface area contributed by atoms with E-state index in [1.807, 2.05) is 18.2 Å². The van der Waals surface area contributed by atoms with Crippen LogP contribution in [0.2, 0.25) is 0 Å². The number of rotatable bonds is 5. The van der Waals surface area contributed by atoms with E-state index in [0.717, 1.165) is 12.2 Å². The van der Waals surface area contributed by atoms with Gasteiger partial charge in [0.25, 0.3) is 0 Å². The second kappa shape index (κ2) is 6.39. The molecule has 0 amide bonds. The first-order valence-electron chi connectivity index (χ1n) is 6.64. The van der Waals surface area contributed by atoms with E-state index in [9.17, 15) is 0 Å². The first kappa shape index (κ1) is 13.6. The summed E-state index contributed by atoms with van der Waals surface area (Å²) in [5, 5.41) is 0. The van der Waals surface area contributed by atoms with Crippen LogP contribution in [0.5, 0.6) is 5.75 Å². The van der Waals surface area contributed by atoms with Crippen molar-refractivity contribution < 1.29 is 4.74 Å². The molecule has 2 aromatic carbocycles. The summed E-state index contributed by atoms with van der Waals surface area (Å²) >= 11 is 0. The third kappa shape index (κ3) is 3.58. The fourth-order valence-electron chi connectivity index (χ4n) is 2.32. The number of hydrogen-bond acceptors (Lipinski definition) is 2. The van der Waals surface area contributed by atoms with E-state index in [1.165, 1.54) is 11.1 Å². The molecule has 2 heteroatoms. The van der Waals surface area contributed by atoms with E-state index < -0.39 is 0 Å². The lowest BCUT2D eigenvalue weighted by Gasteiger charge is -2.21. The van der Waals surface area contributed by atoms with Gasteiger partial charge in [0, 0.05) is 12.0 Å². The Labute approximate surface area is 115 Å². The summed E-state index contributed by atoms with van der Waals surface area (Å²) < 4.78 is 5.18. The van der Waals surface area contributed by atoms with Crippen LogP contribution < -0.4 is 10.5 Å². The van der Waals surface area contributed by atoms with Gasteiger partial charge in [0.05, 0.1) is 7.11 Å². The van der Waals surface area contributed by atoms with Crippen LogP contribution in [0.25, 0.3) is 0 Å². The van der Waals surface area contributed by atoms with E-state index in [1.54, 1.807) is 7.11 Å². The highest BCUT2D eigenvalue weighted by Crippen LogP contribution is 2.24. The van der Waals surface area contributed by atoms with Crippen LogP contribution in [0.4, 0.5) is 0 Å². The second-order valence-corrected chi connectivity index (χ2v) is 4.93. The van der Waals surface area contributed by atoms with Gasteiger partial charge in [-0.05, 0) is 36.6 Å². The average Bonchev–Trinajstić information content (AvgIpc) is 2.46. The maximum atomic E-state index is 6.15. The largest absolute Gasteiger partial charge is 0.497 e. The first-order chi connectivity index (χ1) is 9.20. The number of hydrogen-bond donors (Lipinski definition) is 1. The van der Waals surface area contributed by atoms with Crippen molar-refractivity contribution in [3.8, 4) is 5.75 Å². The molecule has 0 fully saturated rings. The molecule has 2 N–H and O–H groups in total. The predicted molar refractivity (Wildman–Crippen MR) is 79.5 cm³/mol. The summed E-state index contributed by atoms with van der Waals surface area (Å²) in [6.45, 7) is 2.07. The molecule has 0 saturated heterocycles. The Morgan fingerprint density at radius 3 is 2.16 bits per heavy atom. The maximum absolute atomic E-state index is 6.15. The zero-order valence-electron chi connectivity index (χ0n) is 11.5. The van der Waals surface area contributed by atoms with E-state index in [-0.39, 0.29) is 6.04 Å². The van der Waals surface area contributed by atoms with Gasteiger partial charge in [-0.3, -0.25) is 0 Å². The lowest BCUT2D eigenvalue weighted by Crippen LogP contribution is -2.26. The van der Waals surface area contributed by atoms with Crippen molar-refractivity contribution in [3.05, 3.63) is 65.7 Å². The lowest BCUT2D eigenvalue weighted by atomic mass is 9.87. The number of nitrogens with two attached hydrogens (primary N) is 1. The van der Waals surface area contributed by atoms with Crippen LogP contribution in [-0.4, -0.2) is 13.2 Å². The fourth-order valence-corrected chi connectivity index (χ4v) is 2.32. The van der Waals surface area contributed by atoms with Crippen molar-refractivity contribution in [3.63, 3.8) is 0 Å². The van der Waals surface area contributed by atoms with Crippen molar-refractivity contribution in [1.29, 1.82) is 0 Å². The van der Waals surface area contributed by atoms with E-state index in [4.69, 9.17) is 10.5 Å². The van der Waals surface area contributed by atoms with Crippen LogP contribution in [0.15, 0.2) is 54.6 Å². The van der Waals surface area contributed by atoms with Crippen molar-refractivity contribution in [2.24, 2.45) is 5.73 Å². The molecule has 0 unspecified atom stereocenters. The van der Waals surface area contributed by atoms with Crippen molar-refractivity contribution in [1.82, 2.24) is 0 Å². The van der Waals surface area contributed by atoms with Crippen LogP contribution in [0.1, 0.15) is 24.0 Å². The fraction of sp³-hybridized carbons (Fsp3) is 0.294. The van der Waals surface area contributed by atoms with E-state index in [2.05, 4.69) is 43.3 Å². The predicted octanol–water partition coefficient (Wildman–Crippen LogP) is 3.37. The van der Waals surface area contributed by atoms with Gasteiger partial charge >= 0.3 is 0 Å². The lowest BCUT2D eigenvalue weighted by molar-refractivity contribution is 0.414. The Bertz CT molecular complexity index is 490. The molecule has 0 bridgehead atoms. The van der Waals surface area contributed by atoms with Crippen molar-refractivity contribution in [2.45, 2.75) is 25.3 Å². The summed E-state index contributed by atoms with van der Waals surface area (Å²) in [7, 11) is 1.68. The molecular weight excluding hydrogens is 234 g/mol. The van der Waals surface area contributed by atoms with Crippen LogP contribution in [0.3, 0.4) is 0 Å². The van der Waals surface area contributed by atoms with Gasteiger partial charge in [-0.2, -0.15) is 0 Å². The molecule has 2 atom stereocenters. The van der Waals surface area contributed by atoms with Crippen LogP contribution >= 0.6 is 0 Å². The van der Waals surface area contributed by atoms with Gasteiger partial charge in [-0.1, -0.05) is 42.5 Å². The minimum absolute atomic E-state index is 0.129. The summed E-state index contributed by atoms with van der Waals surface area (Å²) in [6, 6.07) is 18.8. The number of ether oxygens (including phenoxy) is 1. The first-order valence-corrected chi connectivity index (χ1v) is 6.64. The normalized spacial score (nSPS) is 13.8. The molecule has 0 aliphatic heterocycles. The molecule has 19 heavy (non-hydrogen) atoms. The second-order valence-electron chi connectivity index (χ2n) is 4.93. The van der Waals surface area contributed by atoms with E-state index in [0.29, 0.717) is 5.92 Å². The quantitative estimate of drug-likeness (QED) is 0.889. The van der Waals surface area contributed by atoms with E-state index >= 15 is 0 Å². The Kier molecular flexibility index (Phi) is 4.58. The summed E-state index contributed by atoms with van der Waals surface area (Å²) in [4.78, 5) is 0. The minimum atomic E-state index is 0.129. The summed E-state index contributed by atoms with van der Waals surface area (Å²) in [6.07, 6.45) is 0.950. The van der Waals surface area contributed by atoms with Gasteiger partial charge < -0.3 is 10.5 Å². The van der Waals surface area contributed by atoms with Crippen molar-refractivity contribution >= 4 is 0 Å². The third-order valence-electron chi connectivity index (χ3n) is 3.48. The molecule has 0 radical (unpaired) electrons. The molecule has 2 rings (SSSR count). The number of benzene rings is 2. The highest BCUT2D eigenvalue weighted by molar-refractivity contribution is 5.30. The Balaban J connectivity index is 2.17. The zero-order chi connectivity index (χ0) is 13.7. The topological polar surface area (TPSA) is 35.2 Å². The highest BCUT2D eigenvalue weighted by Gasteiger charge is 2.16. The molecule has 0 saturated carbocycles. The Morgan fingerprint density at radius 2 is 1.63 bits per heavy atom.